The average Bonchev–Trinajstić information content (AvgIpc) is 2.37. The lowest BCUT2D eigenvalue weighted by Gasteiger charge is -2.25. The van der Waals surface area contributed by atoms with Gasteiger partial charge in [0, 0.05) is 12.1 Å². The fourth-order valence-electron chi connectivity index (χ4n) is 2.85. The van der Waals surface area contributed by atoms with E-state index in [9.17, 15) is 0 Å². The predicted molar refractivity (Wildman–Crippen MR) is 68.8 cm³/mol. The molecule has 3 nitrogen and oxygen atoms in total. The summed E-state index contributed by atoms with van der Waals surface area (Å²) >= 11 is 0. The van der Waals surface area contributed by atoms with Gasteiger partial charge in [-0.25, -0.2) is 0 Å². The van der Waals surface area contributed by atoms with Gasteiger partial charge in [-0.2, -0.15) is 0 Å². The van der Waals surface area contributed by atoms with Crippen LogP contribution in [0.25, 0.3) is 0 Å². The van der Waals surface area contributed by atoms with Gasteiger partial charge in [0.05, 0.1) is 0 Å². The van der Waals surface area contributed by atoms with E-state index in [1.165, 1.54) is 71.1 Å². The molecule has 1 unspecified atom stereocenters. The summed E-state index contributed by atoms with van der Waals surface area (Å²) in [5, 5.41) is 10.7. The van der Waals surface area contributed by atoms with E-state index in [4.69, 9.17) is 0 Å². The number of hydrogen-bond donors (Lipinski definition) is 3. The van der Waals surface area contributed by atoms with Crippen LogP contribution in [0.1, 0.15) is 44.9 Å². The van der Waals surface area contributed by atoms with E-state index < -0.39 is 0 Å². The van der Waals surface area contributed by atoms with Gasteiger partial charge in [0.25, 0.3) is 0 Å². The van der Waals surface area contributed by atoms with Crippen molar-refractivity contribution in [3.8, 4) is 0 Å². The van der Waals surface area contributed by atoms with Crippen LogP contribution in [0.15, 0.2) is 0 Å². The van der Waals surface area contributed by atoms with E-state index in [0.717, 1.165) is 12.1 Å². The maximum absolute atomic E-state index is 3.69. The zero-order valence-corrected chi connectivity index (χ0v) is 10.4. The predicted octanol–water partition coefficient (Wildman–Crippen LogP) is 1.25. The fraction of sp³-hybridized carbons (Fsp3) is 1.00. The lowest BCUT2D eigenvalue weighted by molar-refractivity contribution is 0.353. The molecule has 2 aliphatic rings. The number of hydrogen-bond acceptors (Lipinski definition) is 3. The highest BCUT2D eigenvalue weighted by molar-refractivity contribution is 4.76. The molecule has 3 heteroatoms. The Kier molecular flexibility index (Phi) is 5.59. The van der Waals surface area contributed by atoms with Gasteiger partial charge in [-0.15, -0.1) is 0 Å². The first-order valence-corrected chi connectivity index (χ1v) is 7.12. The minimum absolute atomic E-state index is 0.778. The smallest absolute Gasteiger partial charge is 0.00912 e. The van der Waals surface area contributed by atoms with E-state index in [1.54, 1.807) is 0 Å². The van der Waals surface area contributed by atoms with E-state index in [1.807, 2.05) is 0 Å². The van der Waals surface area contributed by atoms with Gasteiger partial charge < -0.3 is 16.0 Å². The van der Waals surface area contributed by atoms with Crippen molar-refractivity contribution in [3.05, 3.63) is 0 Å². The minimum Gasteiger partial charge on any atom is -0.317 e. The van der Waals surface area contributed by atoms with Crippen molar-refractivity contribution in [1.82, 2.24) is 16.0 Å². The quantitative estimate of drug-likeness (QED) is 0.616. The molecule has 94 valence electrons. The van der Waals surface area contributed by atoms with Crippen LogP contribution in [-0.2, 0) is 0 Å². The first-order valence-electron chi connectivity index (χ1n) is 7.12. The summed E-state index contributed by atoms with van der Waals surface area (Å²) in [6, 6.07) is 1.59. The van der Waals surface area contributed by atoms with Crippen LogP contribution in [-0.4, -0.2) is 38.3 Å². The Bertz CT molecular complexity index is 152. The van der Waals surface area contributed by atoms with Crippen LogP contribution in [0.2, 0.25) is 0 Å². The molecule has 2 heterocycles. The van der Waals surface area contributed by atoms with Crippen molar-refractivity contribution < 1.29 is 0 Å². The van der Waals surface area contributed by atoms with Crippen LogP contribution in [0, 0.1) is 0 Å². The second-order valence-electron chi connectivity index (χ2n) is 5.27. The van der Waals surface area contributed by atoms with E-state index in [2.05, 4.69) is 16.0 Å². The van der Waals surface area contributed by atoms with Gasteiger partial charge in [0.1, 0.15) is 0 Å². The highest BCUT2D eigenvalue weighted by atomic mass is 15.0. The summed E-state index contributed by atoms with van der Waals surface area (Å²) in [4.78, 5) is 0. The van der Waals surface area contributed by atoms with Crippen molar-refractivity contribution >= 4 is 0 Å². The number of rotatable bonds is 5. The van der Waals surface area contributed by atoms with Crippen LogP contribution < -0.4 is 16.0 Å². The van der Waals surface area contributed by atoms with Crippen molar-refractivity contribution in [2.75, 3.05) is 26.2 Å². The Labute approximate surface area is 99.8 Å². The molecule has 0 aromatic carbocycles. The molecular formula is C13H27N3. The zero-order valence-electron chi connectivity index (χ0n) is 10.4. The minimum atomic E-state index is 0.778. The van der Waals surface area contributed by atoms with Crippen molar-refractivity contribution in [2.24, 2.45) is 0 Å². The summed E-state index contributed by atoms with van der Waals surface area (Å²) in [6.45, 7) is 4.85. The van der Waals surface area contributed by atoms with Crippen molar-refractivity contribution in [3.63, 3.8) is 0 Å². The normalized spacial score (nSPS) is 28.1. The number of nitrogens with one attached hydrogen (secondary N) is 3. The Morgan fingerprint density at radius 2 is 1.88 bits per heavy atom. The Morgan fingerprint density at radius 1 is 1.00 bits per heavy atom. The number of piperidine rings is 2. The monoisotopic (exact) mass is 225 g/mol. The van der Waals surface area contributed by atoms with Crippen LogP contribution >= 0.6 is 0 Å². The average molecular weight is 225 g/mol. The highest BCUT2D eigenvalue weighted by Crippen LogP contribution is 2.11. The molecule has 16 heavy (non-hydrogen) atoms. The molecule has 0 bridgehead atoms. The standard InChI is InChI=1S/C13H27N3/c1-2-8-15-12(4-1)5-3-9-16-13-6-10-14-11-7-13/h12-16H,1-11H2. The lowest BCUT2D eigenvalue weighted by Crippen LogP contribution is -2.40. The SMILES string of the molecule is C1CCC(CCCNC2CCNCC2)NC1. The third-order valence-electron chi connectivity index (χ3n) is 3.91. The maximum Gasteiger partial charge on any atom is 0.00912 e. The van der Waals surface area contributed by atoms with Gasteiger partial charge in [-0.05, 0) is 64.7 Å². The molecule has 0 aliphatic carbocycles. The van der Waals surface area contributed by atoms with Crippen LogP contribution in [0.4, 0.5) is 0 Å². The molecule has 0 saturated carbocycles. The molecule has 2 saturated heterocycles. The highest BCUT2D eigenvalue weighted by Gasteiger charge is 2.13. The Morgan fingerprint density at radius 3 is 2.62 bits per heavy atom. The third-order valence-corrected chi connectivity index (χ3v) is 3.91. The first kappa shape index (κ1) is 12.3. The van der Waals surface area contributed by atoms with Crippen LogP contribution in [0.5, 0.6) is 0 Å². The molecular weight excluding hydrogens is 198 g/mol. The zero-order chi connectivity index (χ0) is 11.1. The summed E-state index contributed by atoms with van der Waals surface area (Å²) in [6.07, 6.45) is 9.51. The maximum atomic E-state index is 3.69. The van der Waals surface area contributed by atoms with E-state index >= 15 is 0 Å². The van der Waals surface area contributed by atoms with Gasteiger partial charge in [-0.3, -0.25) is 0 Å². The summed E-state index contributed by atoms with van der Waals surface area (Å²) in [7, 11) is 0. The first-order chi connectivity index (χ1) is 7.95. The largest absolute Gasteiger partial charge is 0.317 e. The molecule has 0 aromatic heterocycles. The van der Waals surface area contributed by atoms with E-state index in [0.29, 0.717) is 0 Å². The molecule has 0 aromatic rings. The van der Waals surface area contributed by atoms with Gasteiger partial charge in [-0.1, -0.05) is 6.42 Å². The van der Waals surface area contributed by atoms with Gasteiger partial charge in [0.15, 0.2) is 0 Å². The Hall–Kier alpha value is -0.120. The van der Waals surface area contributed by atoms with Gasteiger partial charge >= 0.3 is 0 Å². The fourth-order valence-corrected chi connectivity index (χ4v) is 2.85. The molecule has 0 spiro atoms. The topological polar surface area (TPSA) is 36.1 Å². The summed E-state index contributed by atoms with van der Waals surface area (Å²) in [5.41, 5.74) is 0. The summed E-state index contributed by atoms with van der Waals surface area (Å²) in [5.74, 6) is 0. The second kappa shape index (κ2) is 7.25. The molecule has 2 fully saturated rings. The second-order valence-corrected chi connectivity index (χ2v) is 5.27. The lowest BCUT2D eigenvalue weighted by atomic mass is 10.0. The van der Waals surface area contributed by atoms with E-state index in [-0.39, 0.29) is 0 Å². The van der Waals surface area contributed by atoms with Crippen molar-refractivity contribution in [1.29, 1.82) is 0 Å². The summed E-state index contributed by atoms with van der Waals surface area (Å²) < 4.78 is 0. The molecule has 3 N–H and O–H groups in total. The third kappa shape index (κ3) is 4.40. The molecule has 2 rings (SSSR count). The van der Waals surface area contributed by atoms with Crippen molar-refractivity contribution in [2.45, 2.75) is 57.0 Å². The van der Waals surface area contributed by atoms with Crippen LogP contribution in [0.3, 0.4) is 0 Å². The van der Waals surface area contributed by atoms with Gasteiger partial charge in [0.2, 0.25) is 0 Å². The molecule has 0 amide bonds. The molecule has 1 atom stereocenters. The Balaban J connectivity index is 1.47. The molecule has 2 aliphatic heterocycles. The molecule has 0 radical (unpaired) electrons.